The summed E-state index contributed by atoms with van der Waals surface area (Å²) in [5.74, 6) is 1.12. The minimum atomic E-state index is -0.398. The van der Waals surface area contributed by atoms with E-state index in [1.165, 1.54) is 59.5 Å². The zero-order valence-electron chi connectivity index (χ0n) is 18.8. The lowest BCUT2D eigenvalue weighted by molar-refractivity contribution is -0.123. The van der Waals surface area contributed by atoms with E-state index in [1.54, 1.807) is 18.2 Å². The number of hydrazine groups is 1. The third kappa shape index (κ3) is 7.11. The van der Waals surface area contributed by atoms with Gasteiger partial charge < -0.3 is 14.4 Å². The summed E-state index contributed by atoms with van der Waals surface area (Å²) in [5.41, 5.74) is 5.38. The van der Waals surface area contributed by atoms with Crippen LogP contribution in [-0.2, 0) is 4.79 Å². The highest BCUT2D eigenvalue weighted by molar-refractivity contribution is 5.96. The molecule has 0 unspecified atom stereocenters. The maximum Gasteiger partial charge on any atom is 0.269 e. The molecule has 2 fully saturated rings. The fourth-order valence-corrected chi connectivity index (χ4v) is 4.43. The first-order valence-corrected chi connectivity index (χ1v) is 11.3. The SMILES string of the molecule is COc1ccc(C(=O)NNC(=O)CN2CCC(CN3CCCCCC3)CC2)cc1OC. The van der Waals surface area contributed by atoms with Crippen molar-refractivity contribution >= 4 is 11.8 Å². The molecule has 0 spiro atoms. The Morgan fingerprint density at radius 1 is 0.903 bits per heavy atom. The van der Waals surface area contributed by atoms with Gasteiger partial charge >= 0.3 is 0 Å². The van der Waals surface area contributed by atoms with E-state index in [9.17, 15) is 9.59 Å². The number of methoxy groups -OCH3 is 2. The van der Waals surface area contributed by atoms with Crippen molar-refractivity contribution < 1.29 is 19.1 Å². The van der Waals surface area contributed by atoms with Crippen molar-refractivity contribution in [2.24, 2.45) is 5.92 Å². The van der Waals surface area contributed by atoms with E-state index in [2.05, 4.69) is 20.7 Å². The van der Waals surface area contributed by atoms with Crippen molar-refractivity contribution in [3.8, 4) is 11.5 Å². The van der Waals surface area contributed by atoms with Crippen LogP contribution in [0.5, 0.6) is 11.5 Å². The van der Waals surface area contributed by atoms with Gasteiger partial charge in [0.25, 0.3) is 11.8 Å². The number of piperidine rings is 1. The van der Waals surface area contributed by atoms with E-state index in [0.29, 0.717) is 23.6 Å². The Labute approximate surface area is 185 Å². The lowest BCUT2D eigenvalue weighted by Gasteiger charge is -2.34. The highest BCUT2D eigenvalue weighted by atomic mass is 16.5. The number of nitrogens with zero attached hydrogens (tertiary/aromatic N) is 2. The number of rotatable bonds is 7. The van der Waals surface area contributed by atoms with E-state index in [0.717, 1.165) is 31.8 Å². The maximum atomic E-state index is 12.3. The van der Waals surface area contributed by atoms with Crippen molar-refractivity contribution in [1.29, 1.82) is 0 Å². The number of benzene rings is 1. The summed E-state index contributed by atoms with van der Waals surface area (Å²) in [5, 5.41) is 0. The number of carbonyl (C=O) groups is 2. The second kappa shape index (κ2) is 11.9. The van der Waals surface area contributed by atoms with Crippen LogP contribution in [0.15, 0.2) is 18.2 Å². The quantitative estimate of drug-likeness (QED) is 0.642. The van der Waals surface area contributed by atoms with Crippen LogP contribution in [-0.4, -0.2) is 75.1 Å². The van der Waals surface area contributed by atoms with E-state index in [-0.39, 0.29) is 5.91 Å². The zero-order valence-corrected chi connectivity index (χ0v) is 18.8. The van der Waals surface area contributed by atoms with Gasteiger partial charge in [0, 0.05) is 12.1 Å². The number of hydrogen-bond donors (Lipinski definition) is 2. The molecule has 0 saturated carbocycles. The van der Waals surface area contributed by atoms with Crippen LogP contribution in [0, 0.1) is 5.92 Å². The first-order chi connectivity index (χ1) is 15.1. The van der Waals surface area contributed by atoms with Gasteiger partial charge in [-0.15, -0.1) is 0 Å². The molecule has 2 N–H and O–H groups in total. The highest BCUT2D eigenvalue weighted by Crippen LogP contribution is 2.27. The molecule has 3 rings (SSSR count). The molecule has 0 aliphatic carbocycles. The molecule has 0 aromatic heterocycles. The monoisotopic (exact) mass is 432 g/mol. The molecule has 1 aromatic rings. The lowest BCUT2D eigenvalue weighted by atomic mass is 9.96. The number of likely N-dealkylation sites (tertiary alicyclic amines) is 2. The minimum absolute atomic E-state index is 0.209. The Balaban J connectivity index is 1.37. The maximum absolute atomic E-state index is 12.3. The van der Waals surface area contributed by atoms with Crippen LogP contribution in [0.3, 0.4) is 0 Å². The van der Waals surface area contributed by atoms with Gasteiger partial charge in [-0.2, -0.15) is 0 Å². The standard InChI is InChI=1S/C23H36N4O4/c1-30-20-8-7-19(15-21(20)31-2)23(29)25-24-22(28)17-27-13-9-18(10-14-27)16-26-11-5-3-4-6-12-26/h7-8,15,18H,3-6,9-14,16-17H2,1-2H3,(H,24,28)(H,25,29). The summed E-state index contributed by atoms with van der Waals surface area (Å²) in [6, 6.07) is 4.86. The third-order valence-corrected chi connectivity index (χ3v) is 6.25. The van der Waals surface area contributed by atoms with Gasteiger partial charge in [0.05, 0.1) is 20.8 Å². The van der Waals surface area contributed by atoms with Crippen molar-refractivity contribution in [2.45, 2.75) is 38.5 Å². The Hall–Kier alpha value is -2.32. The van der Waals surface area contributed by atoms with E-state index < -0.39 is 5.91 Å². The number of ether oxygens (including phenoxy) is 2. The smallest absolute Gasteiger partial charge is 0.269 e. The predicted molar refractivity (Wildman–Crippen MR) is 119 cm³/mol. The number of nitrogens with one attached hydrogen (secondary N) is 2. The third-order valence-electron chi connectivity index (χ3n) is 6.25. The van der Waals surface area contributed by atoms with Gasteiger partial charge in [-0.05, 0) is 76.0 Å². The molecule has 2 aliphatic heterocycles. The van der Waals surface area contributed by atoms with Crippen LogP contribution in [0.1, 0.15) is 48.9 Å². The lowest BCUT2D eigenvalue weighted by Crippen LogP contribution is -2.48. The van der Waals surface area contributed by atoms with E-state index in [1.807, 2.05) is 0 Å². The predicted octanol–water partition coefficient (Wildman–Crippen LogP) is 2.05. The molecule has 0 atom stereocenters. The molecule has 31 heavy (non-hydrogen) atoms. The molecular weight excluding hydrogens is 396 g/mol. The van der Waals surface area contributed by atoms with Gasteiger partial charge in [0.15, 0.2) is 11.5 Å². The average Bonchev–Trinajstić information content (AvgIpc) is 3.07. The van der Waals surface area contributed by atoms with Gasteiger partial charge in [-0.1, -0.05) is 12.8 Å². The summed E-state index contributed by atoms with van der Waals surface area (Å²) < 4.78 is 10.4. The Kier molecular flexibility index (Phi) is 8.97. The molecular formula is C23H36N4O4. The largest absolute Gasteiger partial charge is 0.493 e. The second-order valence-corrected chi connectivity index (χ2v) is 8.51. The van der Waals surface area contributed by atoms with Crippen LogP contribution in [0.2, 0.25) is 0 Å². The minimum Gasteiger partial charge on any atom is -0.493 e. The fraction of sp³-hybridized carbons (Fsp3) is 0.652. The number of carbonyl (C=O) groups excluding carboxylic acids is 2. The summed E-state index contributed by atoms with van der Waals surface area (Å²) >= 11 is 0. The summed E-state index contributed by atoms with van der Waals surface area (Å²) in [6.45, 7) is 5.82. The first kappa shape index (κ1) is 23.3. The molecule has 2 saturated heterocycles. The fourth-order valence-electron chi connectivity index (χ4n) is 4.43. The van der Waals surface area contributed by atoms with E-state index >= 15 is 0 Å². The zero-order chi connectivity index (χ0) is 22.1. The molecule has 1 aromatic carbocycles. The van der Waals surface area contributed by atoms with Gasteiger partial charge in [0.1, 0.15) is 0 Å². The molecule has 2 heterocycles. The van der Waals surface area contributed by atoms with Crippen LogP contribution < -0.4 is 20.3 Å². The average molecular weight is 433 g/mol. The Morgan fingerprint density at radius 3 is 2.23 bits per heavy atom. The first-order valence-electron chi connectivity index (χ1n) is 11.3. The van der Waals surface area contributed by atoms with Gasteiger partial charge in [-0.3, -0.25) is 25.3 Å². The van der Waals surface area contributed by atoms with Crippen LogP contribution in [0.4, 0.5) is 0 Å². The molecule has 8 heteroatoms. The Morgan fingerprint density at radius 2 is 1.58 bits per heavy atom. The van der Waals surface area contributed by atoms with Gasteiger partial charge in [0.2, 0.25) is 0 Å². The van der Waals surface area contributed by atoms with Crippen LogP contribution in [0.25, 0.3) is 0 Å². The second-order valence-electron chi connectivity index (χ2n) is 8.51. The van der Waals surface area contributed by atoms with Crippen molar-refractivity contribution in [2.75, 3.05) is 53.5 Å². The molecule has 172 valence electrons. The van der Waals surface area contributed by atoms with Crippen molar-refractivity contribution in [3.05, 3.63) is 23.8 Å². The van der Waals surface area contributed by atoms with Crippen LogP contribution >= 0.6 is 0 Å². The summed E-state index contributed by atoms with van der Waals surface area (Å²) in [6.07, 6.45) is 7.64. The van der Waals surface area contributed by atoms with Crippen molar-refractivity contribution in [3.63, 3.8) is 0 Å². The molecule has 8 nitrogen and oxygen atoms in total. The highest BCUT2D eigenvalue weighted by Gasteiger charge is 2.23. The normalized spacial score (nSPS) is 18.8. The summed E-state index contributed by atoms with van der Waals surface area (Å²) in [7, 11) is 3.05. The molecule has 0 bridgehead atoms. The van der Waals surface area contributed by atoms with Gasteiger partial charge in [-0.25, -0.2) is 0 Å². The molecule has 0 radical (unpaired) electrons. The van der Waals surface area contributed by atoms with E-state index in [4.69, 9.17) is 9.47 Å². The number of hydrogen-bond acceptors (Lipinski definition) is 6. The number of amides is 2. The molecule has 2 amide bonds. The topological polar surface area (TPSA) is 83.1 Å². The Bertz CT molecular complexity index is 726. The van der Waals surface area contributed by atoms with Crippen molar-refractivity contribution in [1.82, 2.24) is 20.7 Å². The molecule has 2 aliphatic rings. The summed E-state index contributed by atoms with van der Waals surface area (Å²) in [4.78, 5) is 29.4.